The average Bonchev–Trinajstić information content (AvgIpc) is 2.58. The normalized spacial score (nSPS) is 21.4. The number of benzene rings is 1. The molecule has 1 aromatic rings. The molecule has 1 aliphatic heterocycles. The van der Waals surface area contributed by atoms with Crippen molar-refractivity contribution in [3.63, 3.8) is 0 Å². The fraction of sp³-hybridized carbons (Fsp3) is 0.611. The highest BCUT2D eigenvalue weighted by Crippen LogP contribution is 2.33. The number of ether oxygens (including phenoxy) is 1. The van der Waals surface area contributed by atoms with Crippen LogP contribution in [-0.2, 0) is 16.0 Å². The second-order valence-corrected chi connectivity index (χ2v) is 6.89. The Labute approximate surface area is 143 Å². The Bertz CT molecular complexity index is 523. The Morgan fingerprint density at radius 1 is 1.48 bits per heavy atom. The summed E-state index contributed by atoms with van der Waals surface area (Å²) in [6.07, 6.45) is 3.85. The minimum Gasteiger partial charge on any atom is -0.396 e. The van der Waals surface area contributed by atoms with E-state index in [1.165, 1.54) is 0 Å². The highest BCUT2D eigenvalue weighted by Gasteiger charge is 2.36. The Balaban J connectivity index is 1.90. The maximum atomic E-state index is 12.5. The number of methoxy groups -OCH3 is 1. The van der Waals surface area contributed by atoms with Crippen LogP contribution >= 0.6 is 11.6 Å². The van der Waals surface area contributed by atoms with E-state index in [1.54, 1.807) is 7.11 Å². The highest BCUT2D eigenvalue weighted by atomic mass is 35.5. The Morgan fingerprint density at radius 3 is 3.00 bits per heavy atom. The smallest absolute Gasteiger partial charge is 0.222 e. The lowest BCUT2D eigenvalue weighted by Crippen LogP contribution is -2.48. The number of nitrogens with zero attached hydrogens (tertiary/aromatic N) is 1. The van der Waals surface area contributed by atoms with Crippen LogP contribution in [0.4, 0.5) is 0 Å². The Morgan fingerprint density at radius 2 is 2.30 bits per heavy atom. The number of aliphatic hydroxyl groups excluding tert-OH is 1. The second-order valence-electron chi connectivity index (χ2n) is 6.45. The molecular weight excluding hydrogens is 314 g/mol. The number of amides is 1. The Hall–Kier alpha value is -1.10. The van der Waals surface area contributed by atoms with Crippen LogP contribution < -0.4 is 0 Å². The summed E-state index contributed by atoms with van der Waals surface area (Å²) in [5, 5.41) is 10.5. The van der Waals surface area contributed by atoms with E-state index in [0.717, 1.165) is 31.4 Å². The number of carbonyl (C=O) groups excluding carboxylic acids is 1. The van der Waals surface area contributed by atoms with Crippen LogP contribution in [0.1, 0.15) is 31.2 Å². The van der Waals surface area contributed by atoms with Gasteiger partial charge in [0.25, 0.3) is 0 Å². The molecule has 0 aliphatic carbocycles. The van der Waals surface area contributed by atoms with E-state index < -0.39 is 0 Å². The number of hydrogen-bond acceptors (Lipinski definition) is 3. The molecule has 0 bridgehead atoms. The van der Waals surface area contributed by atoms with E-state index in [2.05, 4.69) is 0 Å². The van der Waals surface area contributed by atoms with Gasteiger partial charge in [0.15, 0.2) is 0 Å². The van der Waals surface area contributed by atoms with Crippen molar-refractivity contribution >= 4 is 17.5 Å². The van der Waals surface area contributed by atoms with Crippen molar-refractivity contribution in [3.05, 3.63) is 34.9 Å². The summed E-state index contributed by atoms with van der Waals surface area (Å²) >= 11 is 5.98. The lowest BCUT2D eigenvalue weighted by molar-refractivity contribution is -0.136. The van der Waals surface area contributed by atoms with Crippen LogP contribution in [-0.4, -0.2) is 49.3 Å². The maximum absolute atomic E-state index is 12.5. The minimum absolute atomic E-state index is 0.106. The van der Waals surface area contributed by atoms with Gasteiger partial charge in [-0.3, -0.25) is 4.79 Å². The van der Waals surface area contributed by atoms with Gasteiger partial charge in [0.1, 0.15) is 0 Å². The molecule has 23 heavy (non-hydrogen) atoms. The van der Waals surface area contributed by atoms with Crippen molar-refractivity contribution in [2.24, 2.45) is 5.41 Å². The van der Waals surface area contributed by atoms with Crippen molar-refractivity contribution in [2.45, 2.75) is 32.1 Å². The van der Waals surface area contributed by atoms with Gasteiger partial charge < -0.3 is 14.7 Å². The van der Waals surface area contributed by atoms with Gasteiger partial charge in [0.05, 0.1) is 6.61 Å². The van der Waals surface area contributed by atoms with Gasteiger partial charge >= 0.3 is 0 Å². The summed E-state index contributed by atoms with van der Waals surface area (Å²) in [6.45, 7) is 2.13. The molecule has 0 aromatic heterocycles. The van der Waals surface area contributed by atoms with E-state index in [-0.39, 0.29) is 17.9 Å². The molecule has 1 atom stereocenters. The van der Waals surface area contributed by atoms with Gasteiger partial charge in [-0.2, -0.15) is 0 Å². The first-order valence-electron chi connectivity index (χ1n) is 8.21. The van der Waals surface area contributed by atoms with Crippen molar-refractivity contribution in [1.29, 1.82) is 0 Å². The van der Waals surface area contributed by atoms with Crippen molar-refractivity contribution in [1.82, 2.24) is 4.90 Å². The van der Waals surface area contributed by atoms with Gasteiger partial charge in [0, 0.05) is 43.7 Å². The number of carbonyl (C=O) groups is 1. The molecule has 1 aromatic carbocycles. The van der Waals surface area contributed by atoms with Crippen LogP contribution in [0.3, 0.4) is 0 Å². The molecule has 2 rings (SSSR count). The monoisotopic (exact) mass is 339 g/mol. The molecule has 4 nitrogen and oxygen atoms in total. The molecule has 0 unspecified atom stereocenters. The summed E-state index contributed by atoms with van der Waals surface area (Å²) in [5.41, 5.74) is 0.871. The molecule has 128 valence electrons. The number of aryl methyl sites for hydroxylation is 1. The maximum Gasteiger partial charge on any atom is 0.222 e. The fourth-order valence-corrected chi connectivity index (χ4v) is 3.47. The molecule has 1 aliphatic rings. The summed E-state index contributed by atoms with van der Waals surface area (Å²) < 4.78 is 5.16. The summed E-state index contributed by atoms with van der Waals surface area (Å²) in [4.78, 5) is 14.4. The van der Waals surface area contributed by atoms with Gasteiger partial charge in [-0.1, -0.05) is 23.7 Å². The largest absolute Gasteiger partial charge is 0.396 e. The predicted octanol–water partition coefficient (Wildman–Crippen LogP) is 2.91. The van der Waals surface area contributed by atoms with E-state index in [9.17, 15) is 9.90 Å². The number of piperidine rings is 1. The Kier molecular flexibility index (Phi) is 6.88. The van der Waals surface area contributed by atoms with Gasteiger partial charge in [-0.15, -0.1) is 0 Å². The fourth-order valence-electron chi connectivity index (χ4n) is 3.25. The van der Waals surface area contributed by atoms with Gasteiger partial charge in [0.2, 0.25) is 5.91 Å². The molecule has 0 spiro atoms. The molecule has 1 saturated heterocycles. The first kappa shape index (κ1) is 18.2. The van der Waals surface area contributed by atoms with E-state index >= 15 is 0 Å². The zero-order chi connectivity index (χ0) is 16.7. The second kappa shape index (κ2) is 8.67. The molecule has 0 radical (unpaired) electrons. The van der Waals surface area contributed by atoms with E-state index in [1.807, 2.05) is 29.2 Å². The van der Waals surface area contributed by atoms with Crippen LogP contribution in [0, 0.1) is 5.41 Å². The highest BCUT2D eigenvalue weighted by molar-refractivity contribution is 6.30. The number of halogens is 1. The standard InChI is InChI=1S/C18H26ClNO3/c1-23-11-9-18(14-21)8-3-10-20(13-18)17(22)7-6-15-4-2-5-16(19)12-15/h2,4-5,12,21H,3,6-11,13-14H2,1H3/t18-/m1/s1. The van der Waals surface area contributed by atoms with Gasteiger partial charge in [-0.25, -0.2) is 0 Å². The third-order valence-corrected chi connectivity index (χ3v) is 4.94. The minimum atomic E-state index is -0.208. The lowest BCUT2D eigenvalue weighted by Gasteiger charge is -2.42. The van der Waals surface area contributed by atoms with Crippen LogP contribution in [0.2, 0.25) is 5.02 Å². The van der Waals surface area contributed by atoms with Crippen molar-refractivity contribution in [2.75, 3.05) is 33.4 Å². The van der Waals surface area contributed by atoms with Crippen molar-refractivity contribution < 1.29 is 14.6 Å². The molecule has 1 amide bonds. The zero-order valence-electron chi connectivity index (χ0n) is 13.8. The predicted molar refractivity (Wildman–Crippen MR) is 91.6 cm³/mol. The molecule has 1 heterocycles. The third kappa shape index (κ3) is 5.20. The van der Waals surface area contributed by atoms with Crippen molar-refractivity contribution in [3.8, 4) is 0 Å². The summed E-state index contributed by atoms with van der Waals surface area (Å²) in [5.74, 6) is 0.153. The summed E-state index contributed by atoms with van der Waals surface area (Å²) in [7, 11) is 1.67. The molecular formula is C18H26ClNO3. The summed E-state index contributed by atoms with van der Waals surface area (Å²) in [6, 6.07) is 7.64. The number of rotatable bonds is 7. The first-order valence-corrected chi connectivity index (χ1v) is 8.58. The molecule has 5 heteroatoms. The van der Waals surface area contributed by atoms with E-state index in [4.69, 9.17) is 16.3 Å². The average molecular weight is 340 g/mol. The topological polar surface area (TPSA) is 49.8 Å². The van der Waals surface area contributed by atoms with Gasteiger partial charge in [-0.05, 0) is 43.4 Å². The lowest BCUT2D eigenvalue weighted by atomic mass is 9.78. The quantitative estimate of drug-likeness (QED) is 0.831. The molecule has 0 saturated carbocycles. The number of hydrogen-bond donors (Lipinski definition) is 1. The van der Waals surface area contributed by atoms with E-state index in [0.29, 0.717) is 31.0 Å². The zero-order valence-corrected chi connectivity index (χ0v) is 14.5. The SMILES string of the molecule is COCC[C@]1(CO)CCCN(C(=O)CCc2cccc(Cl)c2)C1. The van der Waals surface area contributed by atoms with Crippen LogP contribution in [0.15, 0.2) is 24.3 Å². The molecule has 1 fully saturated rings. The van der Waals surface area contributed by atoms with Crippen LogP contribution in [0.5, 0.6) is 0 Å². The third-order valence-electron chi connectivity index (χ3n) is 4.70. The molecule has 1 N–H and O–H groups in total. The number of likely N-dealkylation sites (tertiary alicyclic amines) is 1. The van der Waals surface area contributed by atoms with Crippen LogP contribution in [0.25, 0.3) is 0 Å². The number of aliphatic hydroxyl groups is 1. The first-order chi connectivity index (χ1) is 11.1.